The summed E-state index contributed by atoms with van der Waals surface area (Å²) in [7, 11) is 0. The lowest BCUT2D eigenvalue weighted by Crippen LogP contribution is -2.30. The molecule has 0 saturated carbocycles. The predicted molar refractivity (Wildman–Crippen MR) is 96.6 cm³/mol. The lowest BCUT2D eigenvalue weighted by Gasteiger charge is -2.17. The van der Waals surface area contributed by atoms with Gasteiger partial charge >= 0.3 is 0 Å². The molecule has 134 valence electrons. The molecular formula is C18H17FN4O2S. The van der Waals surface area contributed by atoms with Crippen molar-refractivity contribution < 1.29 is 9.50 Å². The third kappa shape index (κ3) is 2.81. The van der Waals surface area contributed by atoms with Crippen LogP contribution in [0, 0.1) is 5.82 Å². The highest BCUT2D eigenvalue weighted by Gasteiger charge is 2.34. The smallest absolute Gasteiger partial charge is 0.297 e. The molecule has 1 aliphatic rings. The molecule has 0 bridgehead atoms. The summed E-state index contributed by atoms with van der Waals surface area (Å²) in [4.78, 5) is 22.2. The first-order valence-corrected chi connectivity index (χ1v) is 8.95. The van der Waals surface area contributed by atoms with Crippen LogP contribution in [-0.4, -0.2) is 19.6 Å². The van der Waals surface area contributed by atoms with Gasteiger partial charge in [-0.05, 0) is 31.5 Å². The number of hydrogen-bond acceptors (Lipinski definition) is 6. The number of hydrogen-bond donors (Lipinski definition) is 2. The Kier molecular flexibility index (Phi) is 3.89. The number of benzene rings is 1. The van der Waals surface area contributed by atoms with Gasteiger partial charge in [0.25, 0.3) is 5.56 Å². The number of nitrogens with one attached hydrogen (secondary N) is 1. The normalized spacial score (nSPS) is 15.2. The number of nitrogens with zero attached hydrogens (tertiary/aromatic N) is 3. The molecule has 0 spiro atoms. The average Bonchev–Trinajstić information content (AvgIpc) is 3.17. The van der Waals surface area contributed by atoms with Gasteiger partial charge in [-0.25, -0.2) is 14.4 Å². The van der Waals surface area contributed by atoms with E-state index in [1.54, 1.807) is 18.3 Å². The number of aromatic nitrogens is 3. The standard InChI is InChI=1S/C18H17FN4O2S/c1-18(2)17-22-13(14(24)16(25)23(17)9-21-18)15-20-8-12(26-15)7-10-3-5-11(19)6-4-10/h3-6,8,21,24H,7,9H2,1-2H3. The zero-order valence-electron chi connectivity index (χ0n) is 14.3. The topological polar surface area (TPSA) is 80.0 Å². The lowest BCUT2D eigenvalue weighted by atomic mass is 10.1. The summed E-state index contributed by atoms with van der Waals surface area (Å²) >= 11 is 1.36. The molecular weight excluding hydrogens is 355 g/mol. The summed E-state index contributed by atoms with van der Waals surface area (Å²) in [6.45, 7) is 4.18. The van der Waals surface area contributed by atoms with Crippen molar-refractivity contribution in [2.24, 2.45) is 0 Å². The van der Waals surface area contributed by atoms with Crippen LogP contribution < -0.4 is 10.9 Å². The molecule has 8 heteroatoms. The molecule has 26 heavy (non-hydrogen) atoms. The minimum absolute atomic E-state index is 0.202. The van der Waals surface area contributed by atoms with Crippen LogP contribution in [0.3, 0.4) is 0 Å². The Bertz CT molecular complexity index is 1040. The van der Waals surface area contributed by atoms with E-state index in [4.69, 9.17) is 0 Å². The molecule has 3 heterocycles. The maximum atomic E-state index is 13.0. The maximum absolute atomic E-state index is 13.0. The third-order valence-corrected chi connectivity index (χ3v) is 5.44. The van der Waals surface area contributed by atoms with E-state index in [1.165, 1.54) is 28.0 Å². The average molecular weight is 372 g/mol. The van der Waals surface area contributed by atoms with E-state index in [1.807, 2.05) is 13.8 Å². The third-order valence-electron chi connectivity index (χ3n) is 4.43. The molecule has 0 atom stereocenters. The molecule has 6 nitrogen and oxygen atoms in total. The van der Waals surface area contributed by atoms with Crippen LogP contribution in [-0.2, 0) is 18.6 Å². The van der Waals surface area contributed by atoms with Crippen LogP contribution in [0.25, 0.3) is 10.7 Å². The van der Waals surface area contributed by atoms with E-state index in [0.29, 0.717) is 23.9 Å². The quantitative estimate of drug-likeness (QED) is 0.739. The van der Waals surface area contributed by atoms with Crippen molar-refractivity contribution in [3.8, 4) is 16.5 Å². The Morgan fingerprint density at radius 2 is 2.08 bits per heavy atom. The Hall–Kier alpha value is -2.58. The molecule has 0 unspecified atom stereocenters. The van der Waals surface area contributed by atoms with E-state index in [0.717, 1.165) is 10.4 Å². The van der Waals surface area contributed by atoms with Crippen LogP contribution in [0.2, 0.25) is 0 Å². The second kappa shape index (κ2) is 6.00. The van der Waals surface area contributed by atoms with Crippen molar-refractivity contribution in [2.75, 3.05) is 0 Å². The van der Waals surface area contributed by atoms with Crippen molar-refractivity contribution in [3.05, 3.63) is 62.9 Å². The van der Waals surface area contributed by atoms with Gasteiger partial charge in [0.05, 0.1) is 12.2 Å². The molecule has 0 aliphatic carbocycles. The van der Waals surface area contributed by atoms with Crippen molar-refractivity contribution in [2.45, 2.75) is 32.5 Å². The number of halogens is 1. The van der Waals surface area contributed by atoms with Crippen LogP contribution in [0.4, 0.5) is 4.39 Å². The van der Waals surface area contributed by atoms with Crippen LogP contribution in [0.15, 0.2) is 35.3 Å². The van der Waals surface area contributed by atoms with Crippen LogP contribution in [0.1, 0.15) is 30.1 Å². The summed E-state index contributed by atoms with van der Waals surface area (Å²) in [5.41, 5.74) is 0.223. The molecule has 2 N–H and O–H groups in total. The van der Waals surface area contributed by atoms with E-state index < -0.39 is 16.8 Å². The molecule has 2 aromatic heterocycles. The second-order valence-electron chi connectivity index (χ2n) is 6.76. The first-order chi connectivity index (χ1) is 12.3. The van der Waals surface area contributed by atoms with Gasteiger partial charge < -0.3 is 5.11 Å². The van der Waals surface area contributed by atoms with E-state index in [9.17, 15) is 14.3 Å². The van der Waals surface area contributed by atoms with Crippen LogP contribution in [0.5, 0.6) is 5.75 Å². The van der Waals surface area contributed by atoms with Gasteiger partial charge in [-0.3, -0.25) is 14.7 Å². The molecule has 0 amide bonds. The zero-order chi connectivity index (χ0) is 18.5. The Morgan fingerprint density at radius 1 is 1.35 bits per heavy atom. The van der Waals surface area contributed by atoms with Gasteiger partial charge in [0.2, 0.25) is 5.75 Å². The number of rotatable bonds is 3. The first kappa shape index (κ1) is 16.9. The fourth-order valence-corrected chi connectivity index (χ4v) is 3.91. The molecule has 0 fully saturated rings. The van der Waals surface area contributed by atoms with E-state index >= 15 is 0 Å². The molecule has 3 aromatic rings. The second-order valence-corrected chi connectivity index (χ2v) is 7.88. The van der Waals surface area contributed by atoms with Gasteiger partial charge in [0.1, 0.15) is 22.3 Å². The predicted octanol–water partition coefficient (Wildman–Crippen LogP) is 2.60. The van der Waals surface area contributed by atoms with Gasteiger partial charge in [0, 0.05) is 17.5 Å². The van der Waals surface area contributed by atoms with Crippen molar-refractivity contribution in [3.63, 3.8) is 0 Å². The maximum Gasteiger partial charge on any atom is 0.297 e. The highest BCUT2D eigenvalue weighted by atomic mass is 32.1. The number of fused-ring (bicyclic) bond motifs is 1. The monoisotopic (exact) mass is 372 g/mol. The SMILES string of the molecule is CC1(C)NCn2c1nc(-c1ncc(Cc3ccc(F)cc3)s1)c(O)c2=O. The highest BCUT2D eigenvalue weighted by Crippen LogP contribution is 2.32. The minimum Gasteiger partial charge on any atom is -0.501 e. The van der Waals surface area contributed by atoms with E-state index in [2.05, 4.69) is 15.3 Å². The van der Waals surface area contributed by atoms with E-state index in [-0.39, 0.29) is 11.5 Å². The summed E-state index contributed by atoms with van der Waals surface area (Å²) in [5, 5.41) is 14.0. The fourth-order valence-electron chi connectivity index (χ4n) is 2.98. The molecule has 4 rings (SSSR count). The summed E-state index contributed by atoms with van der Waals surface area (Å²) in [6, 6.07) is 6.28. The highest BCUT2D eigenvalue weighted by molar-refractivity contribution is 7.15. The van der Waals surface area contributed by atoms with Gasteiger partial charge in [-0.15, -0.1) is 11.3 Å². The largest absolute Gasteiger partial charge is 0.501 e. The van der Waals surface area contributed by atoms with Gasteiger partial charge in [-0.1, -0.05) is 12.1 Å². The number of thiazole rings is 1. The minimum atomic E-state index is -0.474. The summed E-state index contributed by atoms with van der Waals surface area (Å²) < 4.78 is 14.5. The zero-order valence-corrected chi connectivity index (χ0v) is 15.1. The van der Waals surface area contributed by atoms with Gasteiger partial charge in [-0.2, -0.15) is 0 Å². The Morgan fingerprint density at radius 3 is 2.81 bits per heavy atom. The molecule has 1 aromatic carbocycles. The summed E-state index contributed by atoms with van der Waals surface area (Å²) in [6.07, 6.45) is 2.29. The lowest BCUT2D eigenvalue weighted by molar-refractivity contribution is 0.430. The summed E-state index contributed by atoms with van der Waals surface area (Å²) in [5.74, 6) is -0.0933. The molecule has 0 saturated heterocycles. The molecule has 1 aliphatic heterocycles. The fraction of sp³-hybridized carbons (Fsp3) is 0.278. The number of aromatic hydroxyl groups is 1. The Balaban J connectivity index is 1.71. The first-order valence-electron chi connectivity index (χ1n) is 8.14. The Labute approximate surface area is 153 Å². The molecule has 0 radical (unpaired) electrons. The van der Waals surface area contributed by atoms with Crippen LogP contribution >= 0.6 is 11.3 Å². The van der Waals surface area contributed by atoms with Crippen molar-refractivity contribution in [1.29, 1.82) is 0 Å². The van der Waals surface area contributed by atoms with Gasteiger partial charge in [0.15, 0.2) is 0 Å². The van der Waals surface area contributed by atoms with Crippen molar-refractivity contribution in [1.82, 2.24) is 19.9 Å². The van der Waals surface area contributed by atoms with Crippen molar-refractivity contribution >= 4 is 11.3 Å².